The molecule has 23 heavy (non-hydrogen) atoms. The highest BCUT2D eigenvalue weighted by Crippen LogP contribution is 2.09. The van der Waals surface area contributed by atoms with Gasteiger partial charge in [-0.1, -0.05) is 0 Å². The summed E-state index contributed by atoms with van der Waals surface area (Å²) in [6.45, 7) is 2.06. The van der Waals surface area contributed by atoms with Gasteiger partial charge in [0.05, 0.1) is 13.5 Å². The molecular formula is C15H22N4O4. The van der Waals surface area contributed by atoms with Gasteiger partial charge in [0.25, 0.3) is 5.91 Å². The number of nitrogens with one attached hydrogen (secondary N) is 2. The maximum Gasteiger partial charge on any atom is 0.307 e. The molecule has 2 N–H and O–H groups in total. The topological polar surface area (TPSA) is 112 Å². The van der Waals surface area contributed by atoms with E-state index in [4.69, 9.17) is 5.26 Å². The lowest BCUT2D eigenvalue weighted by molar-refractivity contribution is -0.140. The lowest BCUT2D eigenvalue weighted by Gasteiger charge is -2.15. The second-order valence-corrected chi connectivity index (χ2v) is 5.04. The van der Waals surface area contributed by atoms with Gasteiger partial charge in [-0.25, -0.2) is 0 Å². The second-order valence-electron chi connectivity index (χ2n) is 5.04. The third-order valence-corrected chi connectivity index (χ3v) is 3.37. The van der Waals surface area contributed by atoms with Crippen LogP contribution in [0, 0.1) is 11.3 Å². The van der Waals surface area contributed by atoms with Crippen molar-refractivity contribution in [1.29, 1.82) is 5.26 Å². The van der Waals surface area contributed by atoms with Crippen LogP contribution in [-0.4, -0.2) is 56.0 Å². The van der Waals surface area contributed by atoms with E-state index in [0.717, 1.165) is 13.0 Å². The third kappa shape index (κ3) is 6.82. The smallest absolute Gasteiger partial charge is 0.307 e. The van der Waals surface area contributed by atoms with Crippen LogP contribution in [0.4, 0.5) is 0 Å². The molecule has 0 aromatic heterocycles. The Morgan fingerprint density at radius 1 is 1.43 bits per heavy atom. The van der Waals surface area contributed by atoms with E-state index >= 15 is 0 Å². The molecule has 1 fully saturated rings. The van der Waals surface area contributed by atoms with Crippen LogP contribution in [0.3, 0.4) is 0 Å². The number of hydrogen-bond acceptors (Lipinski definition) is 6. The van der Waals surface area contributed by atoms with Gasteiger partial charge in [0.15, 0.2) is 0 Å². The molecule has 0 spiro atoms. The van der Waals surface area contributed by atoms with Crippen molar-refractivity contribution in [3.8, 4) is 6.07 Å². The first kappa shape index (κ1) is 18.5. The van der Waals surface area contributed by atoms with Gasteiger partial charge in [-0.3, -0.25) is 14.4 Å². The van der Waals surface area contributed by atoms with Crippen molar-refractivity contribution in [3.63, 3.8) is 0 Å². The van der Waals surface area contributed by atoms with Crippen molar-refractivity contribution in [2.45, 2.75) is 25.7 Å². The molecule has 126 valence electrons. The number of rotatable bonds is 9. The number of carbonyl (C=O) groups is 3. The molecule has 1 rings (SSSR count). The number of nitriles is 1. The highest BCUT2D eigenvalue weighted by Gasteiger charge is 2.19. The zero-order chi connectivity index (χ0) is 17.1. The molecule has 1 aliphatic rings. The molecule has 0 aromatic rings. The fourth-order valence-electron chi connectivity index (χ4n) is 2.11. The first-order valence-corrected chi connectivity index (χ1v) is 7.55. The van der Waals surface area contributed by atoms with Crippen molar-refractivity contribution in [3.05, 3.63) is 11.8 Å². The fraction of sp³-hybridized carbons (Fsp3) is 0.600. The van der Waals surface area contributed by atoms with Gasteiger partial charge in [-0.15, -0.1) is 0 Å². The van der Waals surface area contributed by atoms with Crippen molar-refractivity contribution in [1.82, 2.24) is 15.5 Å². The third-order valence-electron chi connectivity index (χ3n) is 3.37. The first-order chi connectivity index (χ1) is 11.1. The number of esters is 1. The van der Waals surface area contributed by atoms with Crippen LogP contribution in [0.2, 0.25) is 0 Å². The second kappa shape index (κ2) is 10.2. The van der Waals surface area contributed by atoms with Gasteiger partial charge >= 0.3 is 5.97 Å². The van der Waals surface area contributed by atoms with Gasteiger partial charge in [0.2, 0.25) is 5.91 Å². The van der Waals surface area contributed by atoms with Crippen molar-refractivity contribution < 1.29 is 19.1 Å². The summed E-state index contributed by atoms with van der Waals surface area (Å²) in [5.41, 5.74) is -0.0629. The van der Waals surface area contributed by atoms with E-state index in [9.17, 15) is 14.4 Å². The molecule has 0 saturated carbocycles. The molecule has 0 radical (unpaired) electrons. The summed E-state index contributed by atoms with van der Waals surface area (Å²) in [5.74, 6) is -0.695. The minimum Gasteiger partial charge on any atom is -0.469 e. The minimum atomic E-state index is -0.481. The van der Waals surface area contributed by atoms with Gasteiger partial charge in [0.1, 0.15) is 11.6 Å². The zero-order valence-corrected chi connectivity index (χ0v) is 13.3. The van der Waals surface area contributed by atoms with Crippen molar-refractivity contribution >= 4 is 17.8 Å². The largest absolute Gasteiger partial charge is 0.469 e. The van der Waals surface area contributed by atoms with Crippen molar-refractivity contribution in [2.24, 2.45) is 0 Å². The monoisotopic (exact) mass is 322 g/mol. The number of carbonyl (C=O) groups excluding carboxylic acids is 3. The number of hydrogen-bond donors (Lipinski definition) is 2. The average Bonchev–Trinajstić information content (AvgIpc) is 2.96. The number of ether oxygens (including phenoxy) is 1. The molecule has 1 aliphatic heterocycles. The minimum absolute atomic E-state index is 0.0629. The summed E-state index contributed by atoms with van der Waals surface area (Å²) in [7, 11) is 1.29. The molecule has 0 atom stereocenters. The summed E-state index contributed by atoms with van der Waals surface area (Å²) >= 11 is 0. The van der Waals surface area contributed by atoms with E-state index in [-0.39, 0.29) is 30.4 Å². The molecule has 2 amide bonds. The van der Waals surface area contributed by atoms with Crippen LogP contribution in [-0.2, 0) is 19.1 Å². The standard InChI is InChI=1S/C15H22N4O4/c1-23-14(21)5-7-17-11-12(10-16)15(22)18-6-3-9-19-8-2-4-13(19)20/h11,17H,2-9H2,1H3,(H,18,22)/b12-11-. The van der Waals surface area contributed by atoms with E-state index in [1.54, 1.807) is 11.0 Å². The molecule has 0 bridgehead atoms. The Morgan fingerprint density at radius 3 is 2.83 bits per heavy atom. The normalized spacial score (nSPS) is 14.3. The molecule has 0 aliphatic carbocycles. The highest BCUT2D eigenvalue weighted by molar-refractivity contribution is 5.97. The Morgan fingerprint density at radius 2 is 2.22 bits per heavy atom. The Labute approximate surface area is 135 Å². The SMILES string of the molecule is COC(=O)CCN/C=C(/C#N)C(=O)NCCCN1CCCC1=O. The number of likely N-dealkylation sites (tertiary alicyclic amines) is 1. The van der Waals surface area contributed by atoms with Gasteiger partial charge in [0, 0.05) is 38.8 Å². The van der Waals surface area contributed by atoms with Crippen LogP contribution in [0.5, 0.6) is 0 Å². The van der Waals surface area contributed by atoms with Crippen LogP contribution < -0.4 is 10.6 Å². The lowest BCUT2D eigenvalue weighted by Crippen LogP contribution is -2.31. The van der Waals surface area contributed by atoms with E-state index in [2.05, 4.69) is 15.4 Å². The Balaban J connectivity index is 2.23. The molecule has 1 heterocycles. The molecular weight excluding hydrogens is 300 g/mol. The van der Waals surface area contributed by atoms with Gasteiger partial charge < -0.3 is 20.3 Å². The molecule has 0 unspecified atom stereocenters. The first-order valence-electron chi connectivity index (χ1n) is 7.55. The number of methoxy groups -OCH3 is 1. The predicted molar refractivity (Wildman–Crippen MR) is 81.8 cm³/mol. The van der Waals surface area contributed by atoms with Gasteiger partial charge in [-0.05, 0) is 12.8 Å². The van der Waals surface area contributed by atoms with Gasteiger partial charge in [-0.2, -0.15) is 5.26 Å². The van der Waals surface area contributed by atoms with E-state index in [0.29, 0.717) is 25.9 Å². The maximum absolute atomic E-state index is 11.8. The van der Waals surface area contributed by atoms with E-state index in [1.165, 1.54) is 13.3 Å². The lowest BCUT2D eigenvalue weighted by atomic mass is 10.3. The summed E-state index contributed by atoms with van der Waals surface area (Å²) < 4.78 is 4.47. The van der Waals surface area contributed by atoms with E-state index in [1.807, 2.05) is 0 Å². The van der Waals surface area contributed by atoms with Crippen LogP contribution >= 0.6 is 0 Å². The summed E-state index contributed by atoms with van der Waals surface area (Å²) in [6, 6.07) is 1.80. The summed E-state index contributed by atoms with van der Waals surface area (Å²) in [4.78, 5) is 35.9. The fourth-order valence-corrected chi connectivity index (χ4v) is 2.11. The highest BCUT2D eigenvalue weighted by atomic mass is 16.5. The quantitative estimate of drug-likeness (QED) is 0.260. The van der Waals surface area contributed by atoms with Crippen LogP contribution in [0.1, 0.15) is 25.7 Å². The summed E-state index contributed by atoms with van der Waals surface area (Å²) in [6.07, 6.45) is 3.57. The molecule has 0 aromatic carbocycles. The van der Waals surface area contributed by atoms with Crippen LogP contribution in [0.25, 0.3) is 0 Å². The molecule has 1 saturated heterocycles. The Hall–Kier alpha value is -2.56. The summed E-state index contributed by atoms with van der Waals surface area (Å²) in [5, 5.41) is 14.3. The Kier molecular flexibility index (Phi) is 8.21. The zero-order valence-electron chi connectivity index (χ0n) is 13.3. The average molecular weight is 322 g/mol. The molecule has 8 nitrogen and oxygen atoms in total. The maximum atomic E-state index is 11.8. The predicted octanol–water partition coefficient (Wildman–Crippen LogP) is -0.325. The Bertz CT molecular complexity index is 510. The number of nitrogens with zero attached hydrogens (tertiary/aromatic N) is 2. The van der Waals surface area contributed by atoms with Crippen LogP contribution in [0.15, 0.2) is 11.8 Å². The van der Waals surface area contributed by atoms with Crippen molar-refractivity contribution in [2.75, 3.05) is 33.3 Å². The van der Waals surface area contributed by atoms with E-state index < -0.39 is 5.91 Å². The number of amides is 2. The molecule has 8 heteroatoms.